The summed E-state index contributed by atoms with van der Waals surface area (Å²) in [7, 11) is 0. The summed E-state index contributed by atoms with van der Waals surface area (Å²) in [6, 6.07) is 9.38. The molecule has 0 fully saturated rings. The van der Waals surface area contributed by atoms with Crippen LogP contribution in [0.15, 0.2) is 59.2 Å². The van der Waals surface area contributed by atoms with Crippen molar-refractivity contribution in [3.8, 4) is 0 Å². The number of hydrogen-bond donors (Lipinski definition) is 2. The Kier molecular flexibility index (Phi) is 7.54. The van der Waals surface area contributed by atoms with E-state index in [-0.39, 0.29) is 11.1 Å². The summed E-state index contributed by atoms with van der Waals surface area (Å²) in [5.41, 5.74) is 1.68. The topological polar surface area (TPSA) is 74.6 Å². The molecular weight excluding hydrogens is 292 g/mol. The number of rotatable bonds is 8. The molecule has 2 N–H and O–H groups in total. The molecule has 0 saturated carbocycles. The Morgan fingerprint density at radius 1 is 1.09 bits per heavy atom. The molecule has 23 heavy (non-hydrogen) atoms. The number of carboxylic acids is 2. The second-order valence-corrected chi connectivity index (χ2v) is 5.22. The van der Waals surface area contributed by atoms with Gasteiger partial charge in [-0.05, 0) is 43.1 Å². The highest BCUT2D eigenvalue weighted by atomic mass is 16.4. The van der Waals surface area contributed by atoms with E-state index in [4.69, 9.17) is 5.11 Å². The van der Waals surface area contributed by atoms with Crippen molar-refractivity contribution in [1.82, 2.24) is 0 Å². The van der Waals surface area contributed by atoms with Gasteiger partial charge in [0.15, 0.2) is 0 Å². The Morgan fingerprint density at radius 2 is 1.74 bits per heavy atom. The molecule has 0 saturated heterocycles. The van der Waals surface area contributed by atoms with Gasteiger partial charge in [0.25, 0.3) is 0 Å². The van der Waals surface area contributed by atoms with Gasteiger partial charge in [-0.2, -0.15) is 0 Å². The van der Waals surface area contributed by atoms with E-state index in [1.165, 1.54) is 19.1 Å². The Bertz CT molecular complexity index is 637. The molecule has 0 unspecified atom stereocenters. The fourth-order valence-corrected chi connectivity index (χ4v) is 2.03. The summed E-state index contributed by atoms with van der Waals surface area (Å²) in [4.78, 5) is 22.6. The number of unbranched alkanes of at least 4 members (excludes halogenated alkanes) is 1. The minimum atomic E-state index is -1.06. The smallest absolute Gasteiger partial charge is 0.335 e. The van der Waals surface area contributed by atoms with Crippen LogP contribution in [-0.2, 0) is 9.59 Å². The average Bonchev–Trinajstić information content (AvgIpc) is 2.52. The number of carboxylic acid groups (broad SMARTS) is 2. The maximum Gasteiger partial charge on any atom is 0.335 e. The fraction of sp³-hybridized carbons (Fsp3) is 0.263. The Balaban J connectivity index is 3.27. The lowest BCUT2D eigenvalue weighted by Gasteiger charge is -2.07. The minimum Gasteiger partial charge on any atom is -0.478 e. The molecule has 122 valence electrons. The van der Waals surface area contributed by atoms with Gasteiger partial charge >= 0.3 is 11.9 Å². The monoisotopic (exact) mass is 314 g/mol. The van der Waals surface area contributed by atoms with Crippen LogP contribution in [0.25, 0.3) is 6.08 Å². The van der Waals surface area contributed by atoms with E-state index in [0.29, 0.717) is 12.0 Å². The molecule has 1 aromatic carbocycles. The molecule has 0 aliphatic carbocycles. The normalized spacial score (nSPS) is 13.0. The van der Waals surface area contributed by atoms with Gasteiger partial charge in [-0.3, -0.25) is 0 Å². The number of hydrogen-bond acceptors (Lipinski definition) is 2. The Hall–Kier alpha value is -2.62. The highest BCUT2D eigenvalue weighted by Crippen LogP contribution is 2.19. The van der Waals surface area contributed by atoms with Crippen LogP contribution in [-0.4, -0.2) is 22.2 Å². The summed E-state index contributed by atoms with van der Waals surface area (Å²) in [5.74, 6) is -2.10. The molecule has 0 radical (unpaired) electrons. The lowest BCUT2D eigenvalue weighted by Crippen LogP contribution is -2.04. The van der Waals surface area contributed by atoms with Crippen molar-refractivity contribution in [1.29, 1.82) is 0 Å². The SMILES string of the molecule is CCCCC(C=C(C)C(=O)O)=C(C=Cc1ccccc1)C(=O)O. The third kappa shape index (κ3) is 6.34. The first-order valence-corrected chi connectivity index (χ1v) is 7.56. The zero-order valence-corrected chi connectivity index (χ0v) is 13.5. The van der Waals surface area contributed by atoms with Gasteiger partial charge in [0.05, 0.1) is 5.57 Å². The zero-order valence-electron chi connectivity index (χ0n) is 13.5. The summed E-state index contributed by atoms with van der Waals surface area (Å²) in [5, 5.41) is 18.5. The van der Waals surface area contributed by atoms with Crippen molar-refractivity contribution in [2.75, 3.05) is 0 Å². The summed E-state index contributed by atoms with van der Waals surface area (Å²) >= 11 is 0. The van der Waals surface area contributed by atoms with Crippen LogP contribution in [0.2, 0.25) is 0 Å². The molecule has 4 nitrogen and oxygen atoms in total. The van der Waals surface area contributed by atoms with Gasteiger partial charge in [0, 0.05) is 5.57 Å². The first-order chi connectivity index (χ1) is 11.0. The maximum absolute atomic E-state index is 11.6. The number of aliphatic carboxylic acids is 2. The molecule has 1 rings (SSSR count). The first kappa shape index (κ1) is 18.4. The molecule has 4 heteroatoms. The first-order valence-electron chi connectivity index (χ1n) is 7.56. The van der Waals surface area contributed by atoms with Gasteiger partial charge in [-0.1, -0.05) is 49.8 Å². The molecule has 0 aromatic heterocycles. The van der Waals surface area contributed by atoms with Crippen molar-refractivity contribution in [2.45, 2.75) is 33.1 Å². The molecule has 0 bridgehead atoms. The number of carbonyl (C=O) groups is 2. The van der Waals surface area contributed by atoms with Crippen molar-refractivity contribution >= 4 is 18.0 Å². The molecular formula is C19H22O4. The van der Waals surface area contributed by atoms with Gasteiger partial charge in [0.2, 0.25) is 0 Å². The maximum atomic E-state index is 11.6. The second-order valence-electron chi connectivity index (χ2n) is 5.22. The minimum absolute atomic E-state index is 0.128. The van der Waals surface area contributed by atoms with E-state index in [9.17, 15) is 14.7 Å². The van der Waals surface area contributed by atoms with Crippen LogP contribution in [0.3, 0.4) is 0 Å². The van der Waals surface area contributed by atoms with Crippen LogP contribution >= 0.6 is 0 Å². The molecule has 0 atom stereocenters. The van der Waals surface area contributed by atoms with Crippen LogP contribution in [0, 0.1) is 0 Å². The van der Waals surface area contributed by atoms with E-state index in [1.807, 2.05) is 37.3 Å². The van der Waals surface area contributed by atoms with E-state index in [2.05, 4.69) is 0 Å². The summed E-state index contributed by atoms with van der Waals surface area (Å²) in [6.45, 7) is 3.47. The summed E-state index contributed by atoms with van der Waals surface area (Å²) < 4.78 is 0. The van der Waals surface area contributed by atoms with Gasteiger partial charge in [-0.15, -0.1) is 0 Å². The van der Waals surface area contributed by atoms with Crippen molar-refractivity contribution < 1.29 is 19.8 Å². The van der Waals surface area contributed by atoms with Crippen LogP contribution in [0.4, 0.5) is 0 Å². The van der Waals surface area contributed by atoms with Crippen LogP contribution in [0.5, 0.6) is 0 Å². The van der Waals surface area contributed by atoms with Crippen molar-refractivity contribution in [3.63, 3.8) is 0 Å². The quantitative estimate of drug-likeness (QED) is 0.554. The van der Waals surface area contributed by atoms with Gasteiger partial charge in [-0.25, -0.2) is 9.59 Å². The molecule has 0 heterocycles. The van der Waals surface area contributed by atoms with E-state index in [0.717, 1.165) is 18.4 Å². The van der Waals surface area contributed by atoms with E-state index >= 15 is 0 Å². The highest BCUT2D eigenvalue weighted by molar-refractivity contribution is 5.94. The predicted molar refractivity (Wildman–Crippen MR) is 91.1 cm³/mol. The number of allylic oxidation sites excluding steroid dienone is 2. The van der Waals surface area contributed by atoms with Crippen LogP contribution < -0.4 is 0 Å². The largest absolute Gasteiger partial charge is 0.478 e. The Morgan fingerprint density at radius 3 is 2.26 bits per heavy atom. The molecule has 0 aliphatic rings. The lowest BCUT2D eigenvalue weighted by molar-refractivity contribution is -0.133. The average molecular weight is 314 g/mol. The predicted octanol–water partition coefficient (Wildman–Crippen LogP) is 4.30. The molecule has 0 aliphatic heterocycles. The Labute approximate surface area is 136 Å². The highest BCUT2D eigenvalue weighted by Gasteiger charge is 2.12. The van der Waals surface area contributed by atoms with E-state index in [1.54, 1.807) is 6.08 Å². The number of benzene rings is 1. The molecule has 0 spiro atoms. The van der Waals surface area contributed by atoms with Crippen molar-refractivity contribution in [3.05, 3.63) is 64.8 Å². The third-order valence-electron chi connectivity index (χ3n) is 3.35. The second kappa shape index (κ2) is 9.41. The van der Waals surface area contributed by atoms with E-state index < -0.39 is 11.9 Å². The fourth-order valence-electron chi connectivity index (χ4n) is 2.03. The van der Waals surface area contributed by atoms with Crippen LogP contribution in [0.1, 0.15) is 38.7 Å². The summed E-state index contributed by atoms with van der Waals surface area (Å²) in [6.07, 6.45) is 6.94. The zero-order chi connectivity index (χ0) is 17.2. The van der Waals surface area contributed by atoms with Crippen molar-refractivity contribution in [2.24, 2.45) is 0 Å². The molecule has 1 aromatic rings. The van der Waals surface area contributed by atoms with Gasteiger partial charge < -0.3 is 10.2 Å². The standard InChI is InChI=1S/C19H22O4/c1-3-4-10-16(13-14(2)18(20)21)17(19(22)23)12-11-15-8-6-5-7-9-15/h5-9,11-13H,3-4,10H2,1-2H3,(H,20,21)(H,22,23). The third-order valence-corrected chi connectivity index (χ3v) is 3.35. The molecule has 0 amide bonds. The van der Waals surface area contributed by atoms with Gasteiger partial charge in [0.1, 0.15) is 0 Å². The lowest BCUT2D eigenvalue weighted by atomic mass is 9.99.